The Hall–Kier alpha value is -2.30. The molecule has 1 aliphatic rings. The first-order valence-corrected chi connectivity index (χ1v) is 9.72. The van der Waals surface area contributed by atoms with E-state index in [1.807, 2.05) is 4.83 Å². The van der Waals surface area contributed by atoms with Crippen LogP contribution in [0.2, 0.25) is 0 Å². The van der Waals surface area contributed by atoms with Gasteiger partial charge in [-0.15, -0.1) is 4.83 Å². The maximum atomic E-state index is 12.3. The Bertz CT molecular complexity index is 934. The fourth-order valence-corrected chi connectivity index (χ4v) is 3.79. The smallest absolute Gasteiger partial charge is 0.279 e. The summed E-state index contributed by atoms with van der Waals surface area (Å²) in [5.74, 6) is 0.760. The molecule has 1 aliphatic heterocycles. The van der Waals surface area contributed by atoms with Crippen LogP contribution in [0.3, 0.4) is 0 Å². The van der Waals surface area contributed by atoms with E-state index < -0.39 is 22.0 Å². The lowest BCUT2D eigenvalue weighted by atomic mass is 10.2. The molecule has 26 heavy (non-hydrogen) atoms. The molecule has 0 aromatic heterocycles. The van der Waals surface area contributed by atoms with E-state index in [-0.39, 0.29) is 11.5 Å². The van der Waals surface area contributed by atoms with Crippen molar-refractivity contribution >= 4 is 31.9 Å². The van der Waals surface area contributed by atoms with Gasteiger partial charge in [-0.05, 0) is 46.3 Å². The van der Waals surface area contributed by atoms with Crippen LogP contribution in [0.4, 0.5) is 0 Å². The SMILES string of the molecule is COc1ccc(S(=O)(=O)NNC(=O)[C@H]2COc3ccccc3O2)cc1Br. The lowest BCUT2D eigenvalue weighted by Crippen LogP contribution is -2.50. The lowest BCUT2D eigenvalue weighted by Gasteiger charge is -2.25. The van der Waals surface area contributed by atoms with E-state index in [0.717, 1.165) is 0 Å². The molecule has 0 spiro atoms. The van der Waals surface area contributed by atoms with E-state index in [0.29, 0.717) is 21.7 Å². The Kier molecular flexibility index (Phi) is 5.35. The van der Waals surface area contributed by atoms with Crippen LogP contribution in [0.1, 0.15) is 0 Å². The zero-order chi connectivity index (χ0) is 18.7. The summed E-state index contributed by atoms with van der Waals surface area (Å²) in [6.07, 6.45) is -0.977. The van der Waals surface area contributed by atoms with E-state index in [4.69, 9.17) is 14.2 Å². The number of hydrazine groups is 1. The summed E-state index contributed by atoms with van der Waals surface area (Å²) >= 11 is 3.22. The molecule has 0 unspecified atom stereocenters. The molecule has 8 nitrogen and oxygen atoms in total. The number of hydrogen-bond acceptors (Lipinski definition) is 6. The molecule has 0 aliphatic carbocycles. The van der Waals surface area contributed by atoms with Gasteiger partial charge in [-0.3, -0.25) is 10.2 Å². The maximum Gasteiger partial charge on any atom is 0.279 e. The van der Waals surface area contributed by atoms with Crippen LogP contribution < -0.4 is 24.5 Å². The third-order valence-corrected chi connectivity index (χ3v) is 5.41. The van der Waals surface area contributed by atoms with Crippen molar-refractivity contribution in [1.82, 2.24) is 10.3 Å². The van der Waals surface area contributed by atoms with E-state index in [1.54, 1.807) is 24.3 Å². The first-order valence-electron chi connectivity index (χ1n) is 7.44. The number of benzene rings is 2. The number of sulfonamides is 1. The summed E-state index contributed by atoms with van der Waals surface area (Å²) in [6.45, 7) is -0.0291. The summed E-state index contributed by atoms with van der Waals surface area (Å²) < 4.78 is 41.1. The van der Waals surface area contributed by atoms with E-state index in [9.17, 15) is 13.2 Å². The van der Waals surface area contributed by atoms with Gasteiger partial charge in [0.05, 0.1) is 16.5 Å². The Labute approximate surface area is 158 Å². The molecular weight excluding hydrogens is 428 g/mol. The molecule has 0 fully saturated rings. The predicted octanol–water partition coefficient (Wildman–Crippen LogP) is 1.61. The van der Waals surface area contributed by atoms with Gasteiger partial charge in [0.1, 0.15) is 12.4 Å². The normalized spacial score (nSPS) is 16.0. The number of amides is 1. The van der Waals surface area contributed by atoms with Crippen LogP contribution in [-0.4, -0.2) is 34.1 Å². The molecule has 0 radical (unpaired) electrons. The van der Waals surface area contributed by atoms with Gasteiger partial charge < -0.3 is 14.2 Å². The maximum absolute atomic E-state index is 12.3. The van der Waals surface area contributed by atoms with Gasteiger partial charge in [-0.1, -0.05) is 12.1 Å². The van der Waals surface area contributed by atoms with Crippen molar-refractivity contribution in [3.63, 3.8) is 0 Å². The molecule has 0 bridgehead atoms. The third-order valence-electron chi connectivity index (χ3n) is 3.54. The minimum Gasteiger partial charge on any atom is -0.496 e. The van der Waals surface area contributed by atoms with Crippen molar-refractivity contribution in [3.05, 3.63) is 46.9 Å². The third kappa shape index (κ3) is 3.92. The minimum absolute atomic E-state index is 0.0291. The Balaban J connectivity index is 1.65. The first-order chi connectivity index (χ1) is 12.4. The van der Waals surface area contributed by atoms with Crippen LogP contribution in [0.5, 0.6) is 17.2 Å². The number of carbonyl (C=O) groups excluding carboxylic acids is 1. The summed E-state index contributed by atoms with van der Waals surface area (Å²) in [5, 5.41) is 0. The average molecular weight is 443 g/mol. The van der Waals surface area contributed by atoms with Gasteiger partial charge in [0.15, 0.2) is 11.5 Å². The Morgan fingerprint density at radius 2 is 1.96 bits per heavy atom. The molecule has 2 N–H and O–H groups in total. The van der Waals surface area contributed by atoms with Crippen molar-refractivity contribution < 1.29 is 27.4 Å². The summed E-state index contributed by atoms with van der Waals surface area (Å²) in [5.41, 5.74) is 2.14. The first kappa shape index (κ1) is 18.5. The minimum atomic E-state index is -3.97. The van der Waals surface area contributed by atoms with Gasteiger partial charge in [0.2, 0.25) is 6.10 Å². The number of hydrogen-bond donors (Lipinski definition) is 2. The number of para-hydroxylation sites is 2. The Morgan fingerprint density at radius 3 is 2.65 bits per heavy atom. The summed E-state index contributed by atoms with van der Waals surface area (Å²) in [4.78, 5) is 14.2. The molecule has 3 rings (SSSR count). The van der Waals surface area contributed by atoms with Crippen LogP contribution >= 0.6 is 15.9 Å². The topological polar surface area (TPSA) is 103 Å². The fraction of sp³-hybridized carbons (Fsp3) is 0.188. The largest absolute Gasteiger partial charge is 0.496 e. The molecule has 0 saturated carbocycles. The van der Waals surface area contributed by atoms with Gasteiger partial charge in [0, 0.05) is 0 Å². The number of ether oxygens (including phenoxy) is 3. The number of methoxy groups -OCH3 is 1. The highest BCUT2D eigenvalue weighted by atomic mass is 79.9. The standard InChI is InChI=1S/C16H15BrN2O6S/c1-23-12-7-6-10(8-11(12)17)26(21,22)19-18-16(20)15-9-24-13-4-2-3-5-14(13)25-15/h2-8,15,19H,9H2,1H3,(H,18,20)/t15-/m1/s1. The van der Waals surface area contributed by atoms with Gasteiger partial charge in [-0.2, -0.15) is 0 Å². The van der Waals surface area contributed by atoms with Crippen LogP contribution in [0.25, 0.3) is 0 Å². The van der Waals surface area contributed by atoms with Crippen LogP contribution in [0.15, 0.2) is 51.8 Å². The van der Waals surface area contributed by atoms with Crippen LogP contribution in [-0.2, 0) is 14.8 Å². The van der Waals surface area contributed by atoms with E-state index in [1.165, 1.54) is 25.3 Å². The summed E-state index contributed by atoms with van der Waals surface area (Å²) in [6, 6.07) is 11.1. The Morgan fingerprint density at radius 1 is 1.23 bits per heavy atom. The van der Waals surface area contributed by atoms with Crippen molar-refractivity contribution in [2.45, 2.75) is 11.0 Å². The number of fused-ring (bicyclic) bond motifs is 1. The van der Waals surface area contributed by atoms with Crippen molar-refractivity contribution in [1.29, 1.82) is 0 Å². The number of rotatable bonds is 5. The highest BCUT2D eigenvalue weighted by Gasteiger charge is 2.28. The van der Waals surface area contributed by atoms with Crippen molar-refractivity contribution in [2.24, 2.45) is 0 Å². The van der Waals surface area contributed by atoms with Gasteiger partial charge in [-0.25, -0.2) is 8.42 Å². The molecular formula is C16H15BrN2O6S. The zero-order valence-corrected chi connectivity index (χ0v) is 16.0. The fourth-order valence-electron chi connectivity index (χ4n) is 2.22. The van der Waals surface area contributed by atoms with Gasteiger partial charge >= 0.3 is 0 Å². The molecule has 2 aromatic carbocycles. The second-order valence-electron chi connectivity index (χ2n) is 5.26. The molecule has 1 atom stereocenters. The second-order valence-corrected chi connectivity index (χ2v) is 7.79. The molecule has 2 aromatic rings. The average Bonchev–Trinajstić information content (AvgIpc) is 2.65. The molecule has 10 heteroatoms. The zero-order valence-electron chi connectivity index (χ0n) is 13.6. The molecule has 138 valence electrons. The van der Waals surface area contributed by atoms with E-state index in [2.05, 4.69) is 21.4 Å². The van der Waals surface area contributed by atoms with Gasteiger partial charge in [0.25, 0.3) is 15.9 Å². The number of halogens is 1. The molecule has 1 heterocycles. The predicted molar refractivity (Wildman–Crippen MR) is 95.5 cm³/mol. The number of nitrogens with one attached hydrogen (secondary N) is 2. The monoisotopic (exact) mass is 442 g/mol. The highest BCUT2D eigenvalue weighted by Crippen LogP contribution is 2.31. The number of carbonyl (C=O) groups is 1. The quantitative estimate of drug-likeness (QED) is 0.681. The highest BCUT2D eigenvalue weighted by molar-refractivity contribution is 9.10. The van der Waals surface area contributed by atoms with Crippen LogP contribution in [0, 0.1) is 0 Å². The summed E-state index contributed by atoms with van der Waals surface area (Å²) in [7, 11) is -2.50. The second kappa shape index (κ2) is 7.52. The van der Waals surface area contributed by atoms with Crippen molar-refractivity contribution in [2.75, 3.05) is 13.7 Å². The lowest BCUT2D eigenvalue weighted by molar-refractivity contribution is -0.130. The molecule has 0 saturated heterocycles. The van der Waals surface area contributed by atoms with E-state index >= 15 is 0 Å². The molecule has 1 amide bonds. The van der Waals surface area contributed by atoms with Crippen molar-refractivity contribution in [3.8, 4) is 17.2 Å².